The van der Waals surface area contributed by atoms with Crippen molar-refractivity contribution >= 4 is 11.7 Å². The number of primary amides is 1. The largest absolute Gasteiger partial charge is 0.364 e. The van der Waals surface area contributed by atoms with Gasteiger partial charge in [-0.05, 0) is 50.3 Å². The zero-order valence-electron chi connectivity index (χ0n) is 11.6. The van der Waals surface area contributed by atoms with Gasteiger partial charge in [0.25, 0.3) is 5.91 Å². The standard InChI is InChI=1S/C14H21N5O/c15-14(20)12-3-4-13(18-17-12)19-7-5-11(6-8-19)16-9-10-1-2-10/h3-4,10-11,16H,1-2,5-9H2,(H2,15,20). The van der Waals surface area contributed by atoms with Gasteiger partial charge in [-0.3, -0.25) is 4.79 Å². The lowest BCUT2D eigenvalue weighted by Crippen LogP contribution is -2.43. The number of piperidine rings is 1. The van der Waals surface area contributed by atoms with Crippen LogP contribution >= 0.6 is 0 Å². The molecule has 3 rings (SSSR count). The smallest absolute Gasteiger partial charge is 0.269 e. The molecule has 6 heteroatoms. The van der Waals surface area contributed by atoms with E-state index in [1.165, 1.54) is 19.4 Å². The predicted octanol–water partition coefficient (Wildman–Crippen LogP) is 0.544. The second-order valence-electron chi connectivity index (χ2n) is 5.75. The van der Waals surface area contributed by atoms with Gasteiger partial charge >= 0.3 is 0 Å². The van der Waals surface area contributed by atoms with E-state index >= 15 is 0 Å². The van der Waals surface area contributed by atoms with E-state index < -0.39 is 5.91 Å². The summed E-state index contributed by atoms with van der Waals surface area (Å²) < 4.78 is 0. The number of aromatic nitrogens is 2. The minimum absolute atomic E-state index is 0.217. The fourth-order valence-corrected chi connectivity index (χ4v) is 2.59. The molecule has 2 fully saturated rings. The third kappa shape index (κ3) is 3.25. The molecule has 1 amide bonds. The van der Waals surface area contributed by atoms with E-state index in [1.54, 1.807) is 6.07 Å². The molecule has 0 atom stereocenters. The average molecular weight is 275 g/mol. The number of hydrogen-bond acceptors (Lipinski definition) is 5. The van der Waals surface area contributed by atoms with Gasteiger partial charge in [0.05, 0.1) is 0 Å². The van der Waals surface area contributed by atoms with E-state index in [4.69, 9.17) is 5.73 Å². The first-order valence-corrected chi connectivity index (χ1v) is 7.34. The highest BCUT2D eigenvalue weighted by Gasteiger charge is 2.24. The molecule has 1 aliphatic carbocycles. The summed E-state index contributed by atoms with van der Waals surface area (Å²) in [5.74, 6) is 1.22. The summed E-state index contributed by atoms with van der Waals surface area (Å²) in [5, 5.41) is 11.6. The average Bonchev–Trinajstić information content (AvgIpc) is 3.30. The third-order valence-corrected chi connectivity index (χ3v) is 4.11. The Morgan fingerprint density at radius 1 is 1.25 bits per heavy atom. The number of anilines is 1. The van der Waals surface area contributed by atoms with Gasteiger partial charge in [0, 0.05) is 19.1 Å². The SMILES string of the molecule is NC(=O)c1ccc(N2CCC(NCC3CC3)CC2)nn1. The number of carbonyl (C=O) groups excluding carboxylic acids is 1. The summed E-state index contributed by atoms with van der Waals surface area (Å²) in [6.07, 6.45) is 5.05. The summed E-state index contributed by atoms with van der Waals surface area (Å²) >= 11 is 0. The first kappa shape index (κ1) is 13.3. The minimum Gasteiger partial charge on any atom is -0.364 e. The number of carbonyl (C=O) groups is 1. The highest BCUT2D eigenvalue weighted by Crippen LogP contribution is 2.28. The van der Waals surface area contributed by atoms with Crippen molar-refractivity contribution in [2.75, 3.05) is 24.5 Å². The summed E-state index contributed by atoms with van der Waals surface area (Å²) in [6, 6.07) is 4.09. The van der Waals surface area contributed by atoms with E-state index in [-0.39, 0.29) is 5.69 Å². The molecule has 0 spiro atoms. The van der Waals surface area contributed by atoms with Crippen molar-refractivity contribution in [2.24, 2.45) is 11.7 Å². The molecule has 1 aromatic heterocycles. The van der Waals surface area contributed by atoms with Crippen LogP contribution in [-0.2, 0) is 0 Å². The number of nitrogens with zero attached hydrogens (tertiary/aromatic N) is 3. The van der Waals surface area contributed by atoms with Crippen LogP contribution in [0.3, 0.4) is 0 Å². The van der Waals surface area contributed by atoms with Crippen LogP contribution in [0, 0.1) is 5.92 Å². The maximum Gasteiger partial charge on any atom is 0.269 e. The first-order valence-electron chi connectivity index (χ1n) is 7.34. The van der Waals surface area contributed by atoms with Crippen LogP contribution in [0.15, 0.2) is 12.1 Å². The van der Waals surface area contributed by atoms with Crippen LogP contribution in [0.1, 0.15) is 36.2 Å². The fraction of sp³-hybridized carbons (Fsp3) is 0.643. The first-order chi connectivity index (χ1) is 9.72. The molecule has 6 nitrogen and oxygen atoms in total. The van der Waals surface area contributed by atoms with Gasteiger partial charge in [0.1, 0.15) is 0 Å². The molecular formula is C14H21N5O. The number of hydrogen-bond donors (Lipinski definition) is 2. The molecular weight excluding hydrogens is 254 g/mol. The molecule has 3 N–H and O–H groups in total. The molecule has 0 bridgehead atoms. The number of nitrogens with two attached hydrogens (primary N) is 1. The van der Waals surface area contributed by atoms with E-state index in [0.29, 0.717) is 6.04 Å². The lowest BCUT2D eigenvalue weighted by atomic mass is 10.0. The van der Waals surface area contributed by atoms with Crippen LogP contribution in [0.4, 0.5) is 5.82 Å². The van der Waals surface area contributed by atoms with Gasteiger partial charge in [0.15, 0.2) is 11.5 Å². The molecule has 1 saturated carbocycles. The lowest BCUT2D eigenvalue weighted by Gasteiger charge is -2.33. The number of amides is 1. The number of rotatable bonds is 5. The molecule has 1 aromatic rings. The maximum atomic E-state index is 11.0. The van der Waals surface area contributed by atoms with Crippen molar-refractivity contribution in [3.05, 3.63) is 17.8 Å². The van der Waals surface area contributed by atoms with Crippen molar-refractivity contribution in [3.8, 4) is 0 Å². The summed E-state index contributed by atoms with van der Waals surface area (Å²) in [5.41, 5.74) is 5.38. The van der Waals surface area contributed by atoms with Crippen molar-refractivity contribution in [1.29, 1.82) is 0 Å². The van der Waals surface area contributed by atoms with Gasteiger partial charge < -0.3 is 16.0 Å². The Labute approximate surface area is 118 Å². The zero-order valence-corrected chi connectivity index (χ0v) is 11.6. The molecule has 1 saturated heterocycles. The van der Waals surface area contributed by atoms with Gasteiger partial charge in [-0.15, -0.1) is 10.2 Å². The van der Waals surface area contributed by atoms with Gasteiger partial charge in [-0.1, -0.05) is 0 Å². The van der Waals surface area contributed by atoms with Crippen molar-refractivity contribution in [3.63, 3.8) is 0 Å². The van der Waals surface area contributed by atoms with Crippen LogP contribution in [0.5, 0.6) is 0 Å². The van der Waals surface area contributed by atoms with Crippen LogP contribution < -0.4 is 16.0 Å². The van der Waals surface area contributed by atoms with Crippen LogP contribution in [0.2, 0.25) is 0 Å². The Bertz CT molecular complexity index is 463. The Balaban J connectivity index is 1.50. The highest BCUT2D eigenvalue weighted by molar-refractivity contribution is 5.90. The molecule has 0 aromatic carbocycles. The van der Waals surface area contributed by atoms with Crippen molar-refractivity contribution in [2.45, 2.75) is 31.7 Å². The number of nitrogens with one attached hydrogen (secondary N) is 1. The van der Waals surface area contributed by atoms with Gasteiger partial charge in [-0.2, -0.15) is 0 Å². The maximum absolute atomic E-state index is 11.0. The monoisotopic (exact) mass is 275 g/mol. The zero-order chi connectivity index (χ0) is 13.9. The molecule has 20 heavy (non-hydrogen) atoms. The normalized spacial score (nSPS) is 20.1. The molecule has 2 heterocycles. The van der Waals surface area contributed by atoms with Crippen molar-refractivity contribution in [1.82, 2.24) is 15.5 Å². The quantitative estimate of drug-likeness (QED) is 0.819. The van der Waals surface area contributed by atoms with Crippen LogP contribution in [0.25, 0.3) is 0 Å². The topological polar surface area (TPSA) is 84.1 Å². The molecule has 108 valence electrons. The predicted molar refractivity (Wildman–Crippen MR) is 76.5 cm³/mol. The Morgan fingerprint density at radius 2 is 2.00 bits per heavy atom. The second kappa shape index (κ2) is 5.75. The molecule has 0 radical (unpaired) electrons. The summed E-state index contributed by atoms with van der Waals surface area (Å²) in [4.78, 5) is 13.2. The van der Waals surface area contributed by atoms with E-state index in [2.05, 4.69) is 20.4 Å². The van der Waals surface area contributed by atoms with E-state index in [0.717, 1.165) is 37.7 Å². The Kier molecular flexibility index (Phi) is 3.82. The Morgan fingerprint density at radius 3 is 2.55 bits per heavy atom. The fourth-order valence-electron chi connectivity index (χ4n) is 2.59. The summed E-state index contributed by atoms with van der Waals surface area (Å²) in [7, 11) is 0. The third-order valence-electron chi connectivity index (χ3n) is 4.11. The molecule has 2 aliphatic rings. The highest BCUT2D eigenvalue weighted by atomic mass is 16.1. The lowest BCUT2D eigenvalue weighted by molar-refractivity contribution is 0.0994. The van der Waals surface area contributed by atoms with Gasteiger partial charge in [-0.25, -0.2) is 0 Å². The van der Waals surface area contributed by atoms with Crippen LogP contribution in [-0.4, -0.2) is 41.8 Å². The van der Waals surface area contributed by atoms with Crippen molar-refractivity contribution < 1.29 is 4.79 Å². The van der Waals surface area contributed by atoms with E-state index in [1.807, 2.05) is 6.07 Å². The minimum atomic E-state index is -0.535. The molecule has 0 unspecified atom stereocenters. The second-order valence-corrected chi connectivity index (χ2v) is 5.75. The Hall–Kier alpha value is -1.69. The van der Waals surface area contributed by atoms with E-state index in [9.17, 15) is 4.79 Å². The molecule has 1 aliphatic heterocycles. The van der Waals surface area contributed by atoms with Gasteiger partial charge in [0.2, 0.25) is 0 Å². The summed E-state index contributed by atoms with van der Waals surface area (Å²) in [6.45, 7) is 3.14.